The summed E-state index contributed by atoms with van der Waals surface area (Å²) in [7, 11) is -3.81. The zero-order chi connectivity index (χ0) is 16.9. The van der Waals surface area contributed by atoms with Gasteiger partial charge < -0.3 is 5.11 Å². The molecule has 24 heavy (non-hydrogen) atoms. The minimum absolute atomic E-state index is 0.000357. The van der Waals surface area contributed by atoms with Crippen molar-refractivity contribution in [3.05, 3.63) is 59.1 Å². The van der Waals surface area contributed by atoms with Crippen LogP contribution in [0.4, 0.5) is 5.69 Å². The van der Waals surface area contributed by atoms with Crippen molar-refractivity contribution in [3.8, 4) is 17.1 Å². The number of aromatic nitrogens is 2. The summed E-state index contributed by atoms with van der Waals surface area (Å²) in [6.45, 7) is -0.000357. The molecule has 1 aliphatic rings. The van der Waals surface area contributed by atoms with Crippen LogP contribution in [-0.4, -0.2) is 23.7 Å². The van der Waals surface area contributed by atoms with Gasteiger partial charge in [-0.3, -0.25) is 9.40 Å². The molecule has 0 aliphatic carbocycles. The number of H-pyrrole nitrogens is 1. The Morgan fingerprint density at radius 2 is 1.83 bits per heavy atom. The molecule has 0 saturated heterocycles. The summed E-state index contributed by atoms with van der Waals surface area (Å²) in [5.41, 5.74) is 2.28. The summed E-state index contributed by atoms with van der Waals surface area (Å²) in [5, 5.41) is 16.9. The van der Waals surface area contributed by atoms with E-state index in [1.54, 1.807) is 24.3 Å². The molecule has 2 aromatic carbocycles. The van der Waals surface area contributed by atoms with E-state index < -0.39 is 10.0 Å². The number of nitrogens with one attached hydrogen (secondary N) is 1. The molecule has 0 unspecified atom stereocenters. The molecule has 2 heterocycles. The molecule has 4 rings (SSSR count). The Balaban J connectivity index is 1.90. The van der Waals surface area contributed by atoms with Gasteiger partial charge in [-0.15, -0.1) is 5.10 Å². The first-order valence-corrected chi connectivity index (χ1v) is 8.94. The number of nitrogens with zero attached hydrogens (tertiary/aromatic N) is 2. The van der Waals surface area contributed by atoms with Gasteiger partial charge in [0.1, 0.15) is 0 Å². The molecule has 0 saturated carbocycles. The quantitative estimate of drug-likeness (QED) is 0.734. The van der Waals surface area contributed by atoms with Gasteiger partial charge >= 0.3 is 0 Å². The van der Waals surface area contributed by atoms with Crippen LogP contribution in [0.25, 0.3) is 11.3 Å². The maximum atomic E-state index is 13.1. The molecule has 0 fully saturated rings. The number of halogens is 1. The zero-order valence-electron chi connectivity index (χ0n) is 12.3. The molecule has 0 bridgehead atoms. The second-order valence-corrected chi connectivity index (χ2v) is 7.68. The Bertz CT molecular complexity index is 1030. The number of aromatic amines is 1. The number of benzene rings is 2. The standard InChI is InChI=1S/C16H12ClN3O3S/c17-10-5-7-11(8-6-10)24(22,23)20-9-13-15(18-19-16(13)21)12-3-1-2-4-14(12)20/h1-8H,9H2,(H2,18,19,21). The van der Waals surface area contributed by atoms with Crippen molar-refractivity contribution in [3.63, 3.8) is 0 Å². The monoisotopic (exact) mass is 361 g/mol. The lowest BCUT2D eigenvalue weighted by Gasteiger charge is -2.30. The molecule has 1 aromatic heterocycles. The van der Waals surface area contributed by atoms with Crippen LogP contribution in [0.1, 0.15) is 5.56 Å². The molecule has 2 N–H and O–H groups in total. The third kappa shape index (κ3) is 2.16. The van der Waals surface area contributed by atoms with E-state index in [0.717, 1.165) is 0 Å². The largest absolute Gasteiger partial charge is 0.492 e. The number of para-hydroxylation sites is 1. The van der Waals surface area contributed by atoms with E-state index in [1.807, 2.05) is 0 Å². The number of rotatable bonds is 2. The molecule has 1 aliphatic heterocycles. The Morgan fingerprint density at radius 3 is 2.58 bits per heavy atom. The second-order valence-electron chi connectivity index (χ2n) is 5.38. The number of sulfonamides is 1. The van der Waals surface area contributed by atoms with E-state index >= 15 is 0 Å². The summed E-state index contributed by atoms with van der Waals surface area (Å²) in [6.07, 6.45) is 0. The first-order valence-electron chi connectivity index (χ1n) is 7.12. The predicted octanol–water partition coefficient (Wildman–Crippen LogP) is 3.14. The van der Waals surface area contributed by atoms with Crippen LogP contribution >= 0.6 is 11.6 Å². The molecule has 0 spiro atoms. The van der Waals surface area contributed by atoms with Crippen molar-refractivity contribution in [2.45, 2.75) is 11.4 Å². The topological polar surface area (TPSA) is 86.3 Å². The SMILES string of the molecule is O=S(=O)(c1ccc(Cl)cc1)N1Cc2c(O)n[nH]c2-c2ccccc21. The van der Waals surface area contributed by atoms with Crippen LogP contribution < -0.4 is 4.31 Å². The maximum absolute atomic E-state index is 13.1. The Morgan fingerprint density at radius 1 is 1.12 bits per heavy atom. The summed E-state index contributed by atoms with van der Waals surface area (Å²) < 4.78 is 27.4. The van der Waals surface area contributed by atoms with Crippen molar-refractivity contribution in [1.29, 1.82) is 0 Å². The maximum Gasteiger partial charge on any atom is 0.264 e. The van der Waals surface area contributed by atoms with Crippen LogP contribution in [0.15, 0.2) is 53.4 Å². The van der Waals surface area contributed by atoms with E-state index in [4.69, 9.17) is 11.6 Å². The summed E-state index contributed by atoms with van der Waals surface area (Å²) in [6, 6.07) is 13.1. The number of hydrogen-bond acceptors (Lipinski definition) is 4. The normalized spacial score (nSPS) is 13.5. The van der Waals surface area contributed by atoms with Gasteiger partial charge in [0.2, 0.25) is 5.88 Å². The first kappa shape index (κ1) is 15.0. The summed E-state index contributed by atoms with van der Waals surface area (Å²) in [4.78, 5) is 0.133. The van der Waals surface area contributed by atoms with E-state index in [2.05, 4.69) is 10.2 Å². The van der Waals surface area contributed by atoms with Crippen LogP contribution in [-0.2, 0) is 16.6 Å². The van der Waals surface area contributed by atoms with Crippen molar-refractivity contribution >= 4 is 27.3 Å². The van der Waals surface area contributed by atoms with E-state index in [-0.39, 0.29) is 17.3 Å². The minimum Gasteiger partial charge on any atom is -0.492 e. The summed E-state index contributed by atoms with van der Waals surface area (Å²) >= 11 is 5.85. The van der Waals surface area contributed by atoms with Crippen molar-refractivity contribution in [2.75, 3.05) is 4.31 Å². The highest BCUT2D eigenvalue weighted by Crippen LogP contribution is 2.42. The zero-order valence-corrected chi connectivity index (χ0v) is 13.8. The van der Waals surface area contributed by atoms with Gasteiger partial charge in [-0.2, -0.15) is 0 Å². The second kappa shape index (κ2) is 5.25. The van der Waals surface area contributed by atoms with E-state index in [1.165, 1.54) is 28.6 Å². The molecule has 0 atom stereocenters. The van der Waals surface area contributed by atoms with Crippen LogP contribution in [0, 0.1) is 0 Å². The molecule has 122 valence electrons. The smallest absolute Gasteiger partial charge is 0.264 e. The fraction of sp³-hybridized carbons (Fsp3) is 0.0625. The van der Waals surface area contributed by atoms with E-state index in [9.17, 15) is 13.5 Å². The van der Waals surface area contributed by atoms with Crippen molar-refractivity contribution in [1.82, 2.24) is 10.2 Å². The molecule has 8 heteroatoms. The highest BCUT2D eigenvalue weighted by Gasteiger charge is 2.34. The van der Waals surface area contributed by atoms with Gasteiger partial charge in [-0.05, 0) is 30.3 Å². The third-order valence-corrected chi connectivity index (χ3v) is 6.02. The Kier molecular flexibility index (Phi) is 3.29. The van der Waals surface area contributed by atoms with Crippen molar-refractivity contribution in [2.24, 2.45) is 0 Å². The van der Waals surface area contributed by atoms with Gasteiger partial charge in [0.25, 0.3) is 10.0 Å². The number of aromatic hydroxyl groups is 1. The van der Waals surface area contributed by atoms with Crippen LogP contribution in [0.3, 0.4) is 0 Å². The van der Waals surface area contributed by atoms with Gasteiger partial charge in [0.05, 0.1) is 28.4 Å². The molecule has 0 amide bonds. The lowest BCUT2D eigenvalue weighted by atomic mass is 10.0. The van der Waals surface area contributed by atoms with Gasteiger partial charge in [-0.1, -0.05) is 29.8 Å². The average Bonchev–Trinajstić information content (AvgIpc) is 2.96. The number of fused-ring (bicyclic) bond motifs is 3. The molecular weight excluding hydrogens is 350 g/mol. The number of anilines is 1. The first-order chi connectivity index (χ1) is 11.5. The highest BCUT2D eigenvalue weighted by molar-refractivity contribution is 7.92. The van der Waals surface area contributed by atoms with Gasteiger partial charge in [-0.25, -0.2) is 8.42 Å². The van der Waals surface area contributed by atoms with Crippen LogP contribution in [0.2, 0.25) is 5.02 Å². The van der Waals surface area contributed by atoms with Gasteiger partial charge in [0.15, 0.2) is 0 Å². The van der Waals surface area contributed by atoms with Crippen molar-refractivity contribution < 1.29 is 13.5 Å². The molecule has 6 nitrogen and oxygen atoms in total. The summed E-state index contributed by atoms with van der Waals surface area (Å²) in [5.74, 6) is -0.198. The molecule has 0 radical (unpaired) electrons. The Labute approximate surface area is 143 Å². The van der Waals surface area contributed by atoms with E-state index in [0.29, 0.717) is 27.5 Å². The molecular formula is C16H12ClN3O3S. The highest BCUT2D eigenvalue weighted by atomic mass is 35.5. The lowest BCUT2D eigenvalue weighted by molar-refractivity contribution is 0.446. The third-order valence-electron chi connectivity index (χ3n) is 3.99. The van der Waals surface area contributed by atoms with Crippen LogP contribution in [0.5, 0.6) is 5.88 Å². The predicted molar refractivity (Wildman–Crippen MR) is 90.5 cm³/mol. The Hall–Kier alpha value is -2.51. The average molecular weight is 362 g/mol. The van der Waals surface area contributed by atoms with Gasteiger partial charge in [0, 0.05) is 10.6 Å². The number of hydrogen-bond donors (Lipinski definition) is 2. The minimum atomic E-state index is -3.81. The lowest BCUT2D eigenvalue weighted by Crippen LogP contribution is -2.33. The molecule has 3 aromatic rings. The fourth-order valence-corrected chi connectivity index (χ4v) is 4.39. The fourth-order valence-electron chi connectivity index (χ4n) is 2.81.